The summed E-state index contributed by atoms with van der Waals surface area (Å²) in [6.45, 7) is 0.747. The topological polar surface area (TPSA) is 102 Å². The fourth-order valence-corrected chi connectivity index (χ4v) is 3.71. The van der Waals surface area contributed by atoms with E-state index in [-0.39, 0.29) is 12.5 Å². The third kappa shape index (κ3) is 4.51. The number of fused-ring (bicyclic) bond motifs is 3. The normalized spacial score (nSPS) is 13.5. The van der Waals surface area contributed by atoms with Crippen LogP contribution in [0.1, 0.15) is 42.7 Å². The molecule has 3 rings (SSSR count). The zero-order valence-corrected chi connectivity index (χ0v) is 15.8. The van der Waals surface area contributed by atoms with Gasteiger partial charge in [0.05, 0.1) is 0 Å². The van der Waals surface area contributed by atoms with Crippen LogP contribution in [-0.4, -0.2) is 36.4 Å². The number of aliphatic carboxylic acids is 1. The highest BCUT2D eigenvalue weighted by molar-refractivity contribution is 5.81. The van der Waals surface area contributed by atoms with Gasteiger partial charge in [-0.1, -0.05) is 61.4 Å². The van der Waals surface area contributed by atoms with Crippen molar-refractivity contribution in [1.29, 1.82) is 0 Å². The molecule has 0 aliphatic heterocycles. The summed E-state index contributed by atoms with van der Waals surface area (Å²) in [5.74, 6) is -1.10. The quantitative estimate of drug-likeness (QED) is 0.576. The number of carboxylic acid groups (broad SMARTS) is 1. The van der Waals surface area contributed by atoms with E-state index in [1.54, 1.807) is 0 Å². The molecule has 0 aromatic heterocycles. The molecular weight excluding hydrogens is 356 g/mol. The number of rotatable bonds is 9. The predicted molar refractivity (Wildman–Crippen MR) is 107 cm³/mol. The minimum atomic E-state index is -1.05. The highest BCUT2D eigenvalue weighted by Gasteiger charge is 2.29. The molecule has 0 spiro atoms. The number of amides is 1. The summed E-state index contributed by atoms with van der Waals surface area (Å²) in [7, 11) is 0. The van der Waals surface area contributed by atoms with Crippen LogP contribution in [0, 0.1) is 0 Å². The maximum absolute atomic E-state index is 12.2. The van der Waals surface area contributed by atoms with Crippen LogP contribution in [0.25, 0.3) is 11.1 Å². The zero-order valence-electron chi connectivity index (χ0n) is 15.8. The standard InChI is InChI=1S/C22H26N2O4/c23-13-7-1-2-12-20(21(25)26)24-22(27)28-14-19-17-10-5-3-8-15(17)16-9-4-6-11-18(16)19/h3-6,8-11,19-20H,1-2,7,12-14,23H2,(H,24,27)(H,25,26)/t20-/m0/s1. The number of carbonyl (C=O) groups excluding carboxylic acids is 1. The van der Waals surface area contributed by atoms with E-state index in [9.17, 15) is 14.7 Å². The smallest absolute Gasteiger partial charge is 0.407 e. The molecule has 0 heterocycles. The number of ether oxygens (including phenoxy) is 1. The molecule has 0 saturated carbocycles. The van der Waals surface area contributed by atoms with Crippen molar-refractivity contribution in [2.75, 3.05) is 13.2 Å². The average Bonchev–Trinajstić information content (AvgIpc) is 3.02. The zero-order chi connectivity index (χ0) is 19.9. The Kier molecular flexibility index (Phi) is 6.66. The first-order valence-corrected chi connectivity index (χ1v) is 9.66. The molecule has 4 N–H and O–H groups in total. The van der Waals surface area contributed by atoms with Crippen LogP contribution in [-0.2, 0) is 9.53 Å². The predicted octanol–water partition coefficient (Wildman–Crippen LogP) is 3.50. The van der Waals surface area contributed by atoms with E-state index in [0.29, 0.717) is 19.4 Å². The van der Waals surface area contributed by atoms with Gasteiger partial charge in [-0.15, -0.1) is 0 Å². The first kappa shape index (κ1) is 19.9. The lowest BCUT2D eigenvalue weighted by Gasteiger charge is -2.17. The lowest BCUT2D eigenvalue weighted by molar-refractivity contribution is -0.139. The number of hydrogen-bond acceptors (Lipinski definition) is 4. The first-order chi connectivity index (χ1) is 13.6. The SMILES string of the molecule is NCCCCC[C@H](NC(=O)OCC1c2ccccc2-c2ccccc21)C(=O)O. The Labute approximate surface area is 164 Å². The van der Waals surface area contributed by atoms with Crippen molar-refractivity contribution in [2.24, 2.45) is 5.73 Å². The van der Waals surface area contributed by atoms with Gasteiger partial charge in [0.15, 0.2) is 0 Å². The number of benzene rings is 2. The first-order valence-electron chi connectivity index (χ1n) is 9.66. The molecule has 0 saturated heterocycles. The largest absolute Gasteiger partial charge is 0.480 e. The fraction of sp³-hybridized carbons (Fsp3) is 0.364. The third-order valence-corrected chi connectivity index (χ3v) is 5.13. The van der Waals surface area contributed by atoms with Crippen molar-refractivity contribution in [3.8, 4) is 11.1 Å². The van der Waals surface area contributed by atoms with Crippen LogP contribution in [0.3, 0.4) is 0 Å². The van der Waals surface area contributed by atoms with Gasteiger partial charge < -0.3 is 20.9 Å². The number of nitrogens with two attached hydrogens (primary N) is 1. The Balaban J connectivity index is 1.60. The van der Waals surface area contributed by atoms with E-state index in [1.807, 2.05) is 36.4 Å². The van der Waals surface area contributed by atoms with Gasteiger partial charge in [-0.05, 0) is 41.6 Å². The summed E-state index contributed by atoms with van der Waals surface area (Å²) in [4.78, 5) is 23.6. The lowest BCUT2D eigenvalue weighted by atomic mass is 9.98. The summed E-state index contributed by atoms with van der Waals surface area (Å²) < 4.78 is 5.41. The van der Waals surface area contributed by atoms with E-state index in [2.05, 4.69) is 17.4 Å². The van der Waals surface area contributed by atoms with Gasteiger partial charge in [0.2, 0.25) is 0 Å². The van der Waals surface area contributed by atoms with Gasteiger partial charge in [0.1, 0.15) is 12.6 Å². The maximum atomic E-state index is 12.2. The second-order valence-electron chi connectivity index (χ2n) is 7.00. The molecule has 0 bridgehead atoms. The number of carbonyl (C=O) groups is 2. The van der Waals surface area contributed by atoms with Gasteiger partial charge in [-0.3, -0.25) is 0 Å². The summed E-state index contributed by atoms with van der Waals surface area (Å²) in [5.41, 5.74) is 9.98. The molecule has 6 heteroatoms. The molecule has 0 radical (unpaired) electrons. The minimum absolute atomic E-state index is 0.0500. The van der Waals surface area contributed by atoms with Crippen molar-refractivity contribution in [3.05, 3.63) is 59.7 Å². The maximum Gasteiger partial charge on any atom is 0.407 e. The number of nitrogens with one attached hydrogen (secondary N) is 1. The molecule has 0 unspecified atom stereocenters. The molecular formula is C22H26N2O4. The molecule has 1 amide bonds. The average molecular weight is 382 g/mol. The summed E-state index contributed by atoms with van der Waals surface area (Å²) in [5, 5.41) is 11.8. The van der Waals surface area contributed by atoms with E-state index in [4.69, 9.17) is 10.5 Å². The van der Waals surface area contributed by atoms with Crippen molar-refractivity contribution < 1.29 is 19.4 Å². The Morgan fingerprint density at radius 3 is 2.18 bits per heavy atom. The highest BCUT2D eigenvalue weighted by Crippen LogP contribution is 2.44. The van der Waals surface area contributed by atoms with Gasteiger partial charge in [0, 0.05) is 5.92 Å². The van der Waals surface area contributed by atoms with Gasteiger partial charge in [-0.25, -0.2) is 9.59 Å². The molecule has 2 aromatic carbocycles. The molecule has 1 aliphatic carbocycles. The Hall–Kier alpha value is -2.86. The van der Waals surface area contributed by atoms with Crippen LogP contribution < -0.4 is 11.1 Å². The van der Waals surface area contributed by atoms with Crippen LogP contribution in [0.5, 0.6) is 0 Å². The number of alkyl carbamates (subject to hydrolysis) is 1. The number of hydrogen-bond donors (Lipinski definition) is 3. The molecule has 1 aliphatic rings. The highest BCUT2D eigenvalue weighted by atomic mass is 16.5. The van der Waals surface area contributed by atoms with Crippen LogP contribution in [0.2, 0.25) is 0 Å². The van der Waals surface area contributed by atoms with Gasteiger partial charge >= 0.3 is 12.1 Å². The van der Waals surface area contributed by atoms with Gasteiger partial charge in [-0.2, -0.15) is 0 Å². The summed E-state index contributed by atoms with van der Waals surface area (Å²) in [6, 6.07) is 15.2. The molecule has 148 valence electrons. The van der Waals surface area contributed by atoms with E-state index >= 15 is 0 Å². The molecule has 6 nitrogen and oxygen atoms in total. The Morgan fingerprint density at radius 2 is 1.61 bits per heavy atom. The van der Waals surface area contributed by atoms with E-state index < -0.39 is 18.1 Å². The fourth-order valence-electron chi connectivity index (χ4n) is 3.71. The second kappa shape index (κ2) is 9.37. The molecule has 0 fully saturated rings. The van der Waals surface area contributed by atoms with E-state index in [1.165, 1.54) is 0 Å². The number of unbranched alkanes of at least 4 members (excludes halogenated alkanes) is 2. The Bertz CT molecular complexity index is 791. The summed E-state index contributed by atoms with van der Waals surface area (Å²) in [6.07, 6.45) is 2.04. The van der Waals surface area contributed by atoms with Gasteiger partial charge in [0.25, 0.3) is 0 Å². The Morgan fingerprint density at radius 1 is 1.00 bits per heavy atom. The molecule has 28 heavy (non-hydrogen) atoms. The summed E-state index contributed by atoms with van der Waals surface area (Å²) >= 11 is 0. The molecule has 1 atom stereocenters. The van der Waals surface area contributed by atoms with Crippen LogP contribution in [0.4, 0.5) is 4.79 Å². The minimum Gasteiger partial charge on any atom is -0.480 e. The van der Waals surface area contributed by atoms with E-state index in [0.717, 1.165) is 35.1 Å². The monoisotopic (exact) mass is 382 g/mol. The van der Waals surface area contributed by atoms with Crippen molar-refractivity contribution in [2.45, 2.75) is 37.6 Å². The van der Waals surface area contributed by atoms with Crippen molar-refractivity contribution >= 4 is 12.1 Å². The third-order valence-electron chi connectivity index (χ3n) is 5.13. The number of carboxylic acids is 1. The van der Waals surface area contributed by atoms with Crippen molar-refractivity contribution in [3.63, 3.8) is 0 Å². The van der Waals surface area contributed by atoms with Crippen molar-refractivity contribution in [1.82, 2.24) is 5.32 Å². The van der Waals surface area contributed by atoms with Crippen LogP contribution in [0.15, 0.2) is 48.5 Å². The molecule has 2 aromatic rings. The van der Waals surface area contributed by atoms with Crippen LogP contribution >= 0.6 is 0 Å². The second-order valence-corrected chi connectivity index (χ2v) is 7.00. The lowest BCUT2D eigenvalue weighted by Crippen LogP contribution is -2.41.